The predicted octanol–water partition coefficient (Wildman–Crippen LogP) is 1.56. The van der Waals surface area contributed by atoms with E-state index >= 15 is 0 Å². The van der Waals surface area contributed by atoms with Gasteiger partial charge in [0.2, 0.25) is 0 Å². The molecule has 0 saturated carbocycles. The molecule has 5 heteroatoms. The van der Waals surface area contributed by atoms with Gasteiger partial charge in [-0.3, -0.25) is 0 Å². The Labute approximate surface area is 112 Å². The van der Waals surface area contributed by atoms with Crippen LogP contribution in [0.15, 0.2) is 24.5 Å². The van der Waals surface area contributed by atoms with E-state index in [9.17, 15) is 5.11 Å². The van der Waals surface area contributed by atoms with Gasteiger partial charge in [-0.1, -0.05) is 0 Å². The predicted molar refractivity (Wildman–Crippen MR) is 76.0 cm³/mol. The monoisotopic (exact) mass is 258 g/mol. The Morgan fingerprint density at radius 1 is 1.26 bits per heavy atom. The molecule has 0 bridgehead atoms. The number of fused-ring (bicyclic) bond motifs is 1. The maximum absolute atomic E-state index is 10.0. The van der Waals surface area contributed by atoms with Crippen molar-refractivity contribution in [3.05, 3.63) is 24.5 Å². The maximum Gasteiger partial charge on any atom is 0.139 e. The van der Waals surface area contributed by atoms with Crippen molar-refractivity contribution >= 4 is 22.4 Å². The van der Waals surface area contributed by atoms with E-state index in [1.165, 1.54) is 0 Å². The van der Waals surface area contributed by atoms with E-state index in [2.05, 4.69) is 14.9 Å². The van der Waals surface area contributed by atoms with Crippen LogP contribution in [0.25, 0.3) is 10.9 Å². The van der Waals surface area contributed by atoms with Crippen molar-refractivity contribution in [2.24, 2.45) is 0 Å². The van der Waals surface area contributed by atoms with Gasteiger partial charge in [-0.2, -0.15) is 0 Å². The summed E-state index contributed by atoms with van der Waals surface area (Å²) in [6.45, 7) is 3.49. The standard InChI is InChI=1S/C14H18N4O/c1-14(19)4-6-18(7-5-14)13-11-8-10(15)2-3-12(11)16-9-17-13/h2-3,8-9,19H,4-7,15H2,1H3. The third-order valence-electron chi connectivity index (χ3n) is 3.78. The molecule has 3 N–H and O–H groups in total. The molecule has 0 aliphatic carbocycles. The second kappa shape index (κ2) is 4.35. The minimum atomic E-state index is -0.557. The van der Waals surface area contributed by atoms with E-state index in [1.54, 1.807) is 6.33 Å². The lowest BCUT2D eigenvalue weighted by atomic mass is 9.94. The Hall–Kier alpha value is -1.88. The average molecular weight is 258 g/mol. The zero-order valence-electron chi connectivity index (χ0n) is 11.0. The molecular weight excluding hydrogens is 240 g/mol. The third kappa shape index (κ3) is 2.33. The lowest BCUT2D eigenvalue weighted by Gasteiger charge is -2.36. The SMILES string of the molecule is CC1(O)CCN(c2ncnc3ccc(N)cc23)CC1. The molecule has 0 radical (unpaired) electrons. The lowest BCUT2D eigenvalue weighted by Crippen LogP contribution is -2.42. The molecule has 3 rings (SSSR count). The van der Waals surface area contributed by atoms with Crippen LogP contribution in [-0.4, -0.2) is 33.8 Å². The number of nitrogens with two attached hydrogens (primary N) is 1. The number of hydrogen-bond acceptors (Lipinski definition) is 5. The number of rotatable bonds is 1. The van der Waals surface area contributed by atoms with Crippen LogP contribution in [0, 0.1) is 0 Å². The highest BCUT2D eigenvalue weighted by Crippen LogP contribution is 2.29. The molecule has 0 amide bonds. The highest BCUT2D eigenvalue weighted by Gasteiger charge is 2.28. The molecule has 100 valence electrons. The zero-order chi connectivity index (χ0) is 13.5. The first-order valence-electron chi connectivity index (χ1n) is 6.53. The smallest absolute Gasteiger partial charge is 0.139 e. The van der Waals surface area contributed by atoms with Gasteiger partial charge in [-0.15, -0.1) is 0 Å². The second-order valence-electron chi connectivity index (χ2n) is 5.46. The first-order chi connectivity index (χ1) is 9.05. The van der Waals surface area contributed by atoms with Crippen LogP contribution in [0.5, 0.6) is 0 Å². The Morgan fingerprint density at radius 3 is 2.74 bits per heavy atom. The highest BCUT2D eigenvalue weighted by molar-refractivity contribution is 5.91. The average Bonchev–Trinajstić information content (AvgIpc) is 2.38. The summed E-state index contributed by atoms with van der Waals surface area (Å²) in [6.07, 6.45) is 3.09. The fourth-order valence-electron chi connectivity index (χ4n) is 2.51. The normalized spacial score (nSPS) is 18.7. The van der Waals surface area contributed by atoms with E-state index < -0.39 is 5.60 Å². The molecule has 0 spiro atoms. The van der Waals surface area contributed by atoms with Crippen LogP contribution in [0.1, 0.15) is 19.8 Å². The number of piperidine rings is 1. The fraction of sp³-hybridized carbons (Fsp3) is 0.429. The molecular formula is C14H18N4O. The Balaban J connectivity index is 1.99. The third-order valence-corrected chi connectivity index (χ3v) is 3.78. The van der Waals surface area contributed by atoms with Gasteiger partial charge in [0, 0.05) is 24.2 Å². The summed E-state index contributed by atoms with van der Waals surface area (Å²) in [5.41, 5.74) is 6.91. The number of nitrogens with zero attached hydrogens (tertiary/aromatic N) is 3. The van der Waals surface area contributed by atoms with Crippen LogP contribution in [0.3, 0.4) is 0 Å². The molecule has 5 nitrogen and oxygen atoms in total. The van der Waals surface area contributed by atoms with E-state index in [4.69, 9.17) is 5.73 Å². The van der Waals surface area contributed by atoms with Crippen molar-refractivity contribution in [2.45, 2.75) is 25.4 Å². The van der Waals surface area contributed by atoms with Crippen LogP contribution in [0.4, 0.5) is 11.5 Å². The summed E-state index contributed by atoms with van der Waals surface area (Å²) in [5.74, 6) is 0.910. The van der Waals surface area contributed by atoms with Crippen molar-refractivity contribution in [3.8, 4) is 0 Å². The lowest BCUT2D eigenvalue weighted by molar-refractivity contribution is 0.0350. The maximum atomic E-state index is 10.0. The van der Waals surface area contributed by atoms with Crippen LogP contribution in [0.2, 0.25) is 0 Å². The number of hydrogen-bond donors (Lipinski definition) is 2. The van der Waals surface area contributed by atoms with Gasteiger partial charge in [0.15, 0.2) is 0 Å². The van der Waals surface area contributed by atoms with Crippen molar-refractivity contribution in [1.29, 1.82) is 0 Å². The minimum Gasteiger partial charge on any atom is -0.399 e. The number of nitrogen functional groups attached to an aromatic ring is 1. The zero-order valence-corrected chi connectivity index (χ0v) is 11.0. The summed E-state index contributed by atoms with van der Waals surface area (Å²) in [6, 6.07) is 5.67. The minimum absolute atomic E-state index is 0.557. The molecule has 1 aromatic heterocycles. The molecule has 1 aromatic carbocycles. The molecule has 0 atom stereocenters. The molecule has 1 aliphatic heterocycles. The van der Waals surface area contributed by atoms with Crippen LogP contribution < -0.4 is 10.6 Å². The topological polar surface area (TPSA) is 75.3 Å². The quantitative estimate of drug-likeness (QED) is 0.759. The number of aliphatic hydroxyl groups is 1. The number of benzene rings is 1. The Kier molecular flexibility index (Phi) is 2.78. The second-order valence-corrected chi connectivity index (χ2v) is 5.46. The van der Waals surface area contributed by atoms with E-state index in [0.717, 1.165) is 42.7 Å². The summed E-state index contributed by atoms with van der Waals surface area (Å²) in [7, 11) is 0. The van der Waals surface area contributed by atoms with Crippen LogP contribution >= 0.6 is 0 Å². The molecule has 0 unspecified atom stereocenters. The summed E-state index contributed by atoms with van der Waals surface area (Å²) < 4.78 is 0. The summed E-state index contributed by atoms with van der Waals surface area (Å²) in [4.78, 5) is 10.9. The highest BCUT2D eigenvalue weighted by atomic mass is 16.3. The fourth-order valence-corrected chi connectivity index (χ4v) is 2.51. The molecule has 2 aromatic rings. The molecule has 19 heavy (non-hydrogen) atoms. The summed E-state index contributed by atoms with van der Waals surface area (Å²) >= 11 is 0. The van der Waals surface area contributed by atoms with Crippen molar-refractivity contribution < 1.29 is 5.11 Å². The molecule has 1 fully saturated rings. The molecule has 1 saturated heterocycles. The van der Waals surface area contributed by atoms with Gasteiger partial charge in [-0.25, -0.2) is 9.97 Å². The first kappa shape index (κ1) is 12.2. The van der Waals surface area contributed by atoms with Gasteiger partial charge in [0.25, 0.3) is 0 Å². The summed E-state index contributed by atoms with van der Waals surface area (Å²) in [5, 5.41) is 11.0. The van der Waals surface area contributed by atoms with E-state index in [1.807, 2.05) is 25.1 Å². The van der Waals surface area contributed by atoms with Gasteiger partial charge < -0.3 is 15.7 Å². The van der Waals surface area contributed by atoms with Crippen molar-refractivity contribution in [1.82, 2.24) is 9.97 Å². The largest absolute Gasteiger partial charge is 0.399 e. The van der Waals surface area contributed by atoms with Gasteiger partial charge in [0.1, 0.15) is 12.1 Å². The van der Waals surface area contributed by atoms with Gasteiger partial charge in [0.05, 0.1) is 11.1 Å². The Morgan fingerprint density at radius 2 is 2.00 bits per heavy atom. The number of aromatic nitrogens is 2. The van der Waals surface area contributed by atoms with Crippen molar-refractivity contribution in [2.75, 3.05) is 23.7 Å². The first-order valence-corrected chi connectivity index (χ1v) is 6.53. The Bertz CT molecular complexity index is 601. The molecule has 1 aliphatic rings. The van der Waals surface area contributed by atoms with Gasteiger partial charge in [-0.05, 0) is 38.0 Å². The molecule has 2 heterocycles. The van der Waals surface area contributed by atoms with Gasteiger partial charge >= 0.3 is 0 Å². The van der Waals surface area contributed by atoms with E-state index in [-0.39, 0.29) is 0 Å². The van der Waals surface area contributed by atoms with Crippen LogP contribution in [-0.2, 0) is 0 Å². The van der Waals surface area contributed by atoms with E-state index in [0.29, 0.717) is 5.69 Å². The number of anilines is 2. The van der Waals surface area contributed by atoms with Crippen molar-refractivity contribution in [3.63, 3.8) is 0 Å².